The number of rotatable bonds is 25. The Hall–Kier alpha value is -1.17. The molecule has 0 saturated carbocycles. The van der Waals surface area contributed by atoms with E-state index in [1.807, 2.05) is 13.0 Å². The summed E-state index contributed by atoms with van der Waals surface area (Å²) in [5.74, 6) is -0.128. The van der Waals surface area contributed by atoms with Gasteiger partial charge in [0.25, 0.3) is 0 Å². The second-order valence-corrected chi connectivity index (χ2v) is 12.4. The lowest BCUT2D eigenvalue weighted by Gasteiger charge is -2.22. The average molecular weight is 563 g/mol. The zero-order chi connectivity index (χ0) is 28.8. The van der Waals surface area contributed by atoms with Gasteiger partial charge in [0.05, 0.1) is 24.4 Å². The van der Waals surface area contributed by atoms with Crippen molar-refractivity contribution in [1.29, 1.82) is 0 Å². The number of carbonyl (C=O) groups is 1. The molecule has 0 bridgehead atoms. The Labute approximate surface area is 246 Å². The number of hydrogen-bond acceptors (Lipinski definition) is 5. The quantitative estimate of drug-likeness (QED) is 0.0660. The minimum Gasteiger partial charge on any atom is -0.455 e. The molecule has 1 fully saturated rings. The molecule has 2 aliphatic rings. The molecular formula is C35H62O5. The van der Waals surface area contributed by atoms with Crippen LogP contribution in [0.2, 0.25) is 0 Å². The first-order valence-corrected chi connectivity index (χ1v) is 17.1. The largest absolute Gasteiger partial charge is 0.455 e. The van der Waals surface area contributed by atoms with Gasteiger partial charge in [0.2, 0.25) is 0 Å². The van der Waals surface area contributed by atoms with Gasteiger partial charge in [-0.15, -0.1) is 0 Å². The topological polar surface area (TPSA) is 76.0 Å². The van der Waals surface area contributed by atoms with Crippen LogP contribution in [0.4, 0.5) is 0 Å². The summed E-state index contributed by atoms with van der Waals surface area (Å²) in [7, 11) is 0. The van der Waals surface area contributed by atoms with E-state index in [1.54, 1.807) is 0 Å². The normalized spacial score (nSPS) is 22.6. The maximum absolute atomic E-state index is 11.6. The maximum atomic E-state index is 11.6. The number of aliphatic hydroxyl groups excluding tert-OH is 2. The van der Waals surface area contributed by atoms with Crippen molar-refractivity contribution in [2.24, 2.45) is 0 Å². The Kier molecular flexibility index (Phi) is 19.6. The molecule has 232 valence electrons. The summed E-state index contributed by atoms with van der Waals surface area (Å²) in [5, 5.41) is 21.2. The Morgan fingerprint density at radius 2 is 1.27 bits per heavy atom. The van der Waals surface area contributed by atoms with E-state index in [9.17, 15) is 15.0 Å². The molecule has 0 radical (unpaired) electrons. The fourth-order valence-corrected chi connectivity index (χ4v) is 6.07. The lowest BCUT2D eigenvalue weighted by molar-refractivity contribution is -0.139. The summed E-state index contributed by atoms with van der Waals surface area (Å²) in [6, 6.07) is 0. The van der Waals surface area contributed by atoms with Crippen LogP contribution in [0.3, 0.4) is 0 Å². The lowest BCUT2D eigenvalue weighted by Crippen LogP contribution is -2.30. The average Bonchev–Trinajstić information content (AvgIpc) is 3.56. The molecule has 0 aromatic carbocycles. The lowest BCUT2D eigenvalue weighted by atomic mass is 10.0. The van der Waals surface area contributed by atoms with Gasteiger partial charge >= 0.3 is 5.97 Å². The van der Waals surface area contributed by atoms with Crippen molar-refractivity contribution in [3.8, 4) is 0 Å². The van der Waals surface area contributed by atoms with Crippen LogP contribution < -0.4 is 0 Å². The van der Waals surface area contributed by atoms with Gasteiger partial charge in [0, 0.05) is 5.57 Å². The van der Waals surface area contributed by atoms with Gasteiger partial charge in [-0.1, -0.05) is 109 Å². The maximum Gasteiger partial charge on any atom is 0.334 e. The number of cyclic esters (lactones) is 1. The summed E-state index contributed by atoms with van der Waals surface area (Å²) in [5.41, 5.74) is 0.856. The number of carbonyl (C=O) groups excluding carboxylic acids is 1. The predicted octanol–water partition coefficient (Wildman–Crippen LogP) is 8.90. The summed E-state index contributed by atoms with van der Waals surface area (Å²) in [6.45, 7) is 4.17. The SMILES string of the molecule is CCCCCCCCCC/C=C\CC[C@H](O)[C@H]1CC[C@H]([C@H](O)CCCCCCCCCCC2=CC(C)OC2=O)O1. The van der Waals surface area contributed by atoms with E-state index in [2.05, 4.69) is 19.1 Å². The Morgan fingerprint density at radius 3 is 1.88 bits per heavy atom. The smallest absolute Gasteiger partial charge is 0.334 e. The van der Waals surface area contributed by atoms with Gasteiger partial charge in [-0.2, -0.15) is 0 Å². The third kappa shape index (κ3) is 15.7. The summed E-state index contributed by atoms with van der Waals surface area (Å²) >= 11 is 0. The van der Waals surface area contributed by atoms with E-state index >= 15 is 0 Å². The van der Waals surface area contributed by atoms with Crippen molar-refractivity contribution >= 4 is 5.97 Å². The Balaban J connectivity index is 1.38. The molecule has 0 amide bonds. The van der Waals surface area contributed by atoms with Gasteiger partial charge in [-0.05, 0) is 70.8 Å². The highest BCUT2D eigenvalue weighted by molar-refractivity contribution is 5.90. The van der Waals surface area contributed by atoms with Crippen LogP contribution in [-0.2, 0) is 14.3 Å². The molecule has 5 atom stereocenters. The van der Waals surface area contributed by atoms with Crippen molar-refractivity contribution in [2.75, 3.05) is 0 Å². The van der Waals surface area contributed by atoms with E-state index in [0.717, 1.165) is 69.8 Å². The van der Waals surface area contributed by atoms with E-state index in [0.29, 0.717) is 0 Å². The second-order valence-electron chi connectivity index (χ2n) is 12.4. The third-order valence-corrected chi connectivity index (χ3v) is 8.65. The second kappa shape index (κ2) is 22.4. The molecule has 2 heterocycles. The first kappa shape index (κ1) is 35.0. The van der Waals surface area contributed by atoms with Crippen LogP contribution in [0.15, 0.2) is 23.8 Å². The van der Waals surface area contributed by atoms with Crippen LogP contribution in [-0.4, -0.2) is 46.7 Å². The van der Waals surface area contributed by atoms with Crippen LogP contribution in [0, 0.1) is 0 Å². The van der Waals surface area contributed by atoms with Crippen LogP contribution in [0.5, 0.6) is 0 Å². The Bertz CT molecular complexity index is 702. The molecule has 40 heavy (non-hydrogen) atoms. The van der Waals surface area contributed by atoms with Gasteiger partial charge in [0.1, 0.15) is 6.10 Å². The number of aliphatic hydroxyl groups is 2. The van der Waals surface area contributed by atoms with Gasteiger partial charge < -0.3 is 19.7 Å². The van der Waals surface area contributed by atoms with Crippen molar-refractivity contribution in [1.82, 2.24) is 0 Å². The summed E-state index contributed by atoms with van der Waals surface area (Å²) in [6.07, 6.45) is 31.6. The van der Waals surface area contributed by atoms with E-state index in [1.165, 1.54) is 83.5 Å². The number of ether oxygens (including phenoxy) is 2. The molecule has 2 aliphatic heterocycles. The predicted molar refractivity (Wildman–Crippen MR) is 165 cm³/mol. The monoisotopic (exact) mass is 562 g/mol. The fraction of sp³-hybridized carbons (Fsp3) is 0.857. The highest BCUT2D eigenvalue weighted by Crippen LogP contribution is 2.28. The molecule has 0 aliphatic carbocycles. The van der Waals surface area contributed by atoms with Crippen molar-refractivity contribution < 1.29 is 24.5 Å². The number of unbranched alkanes of at least 4 members (excludes halogenated alkanes) is 15. The molecule has 5 heteroatoms. The van der Waals surface area contributed by atoms with E-state index in [-0.39, 0.29) is 24.3 Å². The third-order valence-electron chi connectivity index (χ3n) is 8.65. The molecule has 1 unspecified atom stereocenters. The zero-order valence-electron chi connectivity index (χ0n) is 26.0. The Morgan fingerprint density at radius 1 is 0.750 bits per heavy atom. The van der Waals surface area contributed by atoms with Crippen LogP contribution >= 0.6 is 0 Å². The van der Waals surface area contributed by atoms with Gasteiger partial charge in [-0.25, -0.2) is 4.79 Å². The minimum atomic E-state index is -0.433. The zero-order valence-corrected chi connectivity index (χ0v) is 26.0. The molecule has 0 aromatic rings. The fourth-order valence-electron chi connectivity index (χ4n) is 6.07. The van der Waals surface area contributed by atoms with Crippen molar-refractivity contribution in [3.05, 3.63) is 23.8 Å². The minimum absolute atomic E-state index is 0.0548. The van der Waals surface area contributed by atoms with E-state index < -0.39 is 12.2 Å². The standard InChI is InChI=1S/C35H62O5/c1-3-4-5-6-7-8-9-10-11-15-18-21-24-31(36)33-26-27-34(40-33)32(37)25-22-19-16-13-12-14-17-20-23-30-28-29(2)39-35(30)38/h15,18,28-29,31-34,36-37H,3-14,16-17,19-27H2,1-2H3/b18-15-/t29?,31-,32+,33+,34+/m0/s1. The van der Waals surface area contributed by atoms with Gasteiger partial charge in [0.15, 0.2) is 0 Å². The molecule has 5 nitrogen and oxygen atoms in total. The number of allylic oxidation sites excluding steroid dienone is 2. The summed E-state index contributed by atoms with van der Waals surface area (Å²) in [4.78, 5) is 11.6. The van der Waals surface area contributed by atoms with E-state index in [4.69, 9.17) is 9.47 Å². The van der Waals surface area contributed by atoms with Crippen LogP contribution in [0.25, 0.3) is 0 Å². The molecule has 1 saturated heterocycles. The first-order chi connectivity index (χ1) is 19.5. The molecular weight excluding hydrogens is 500 g/mol. The number of esters is 1. The highest BCUT2D eigenvalue weighted by Gasteiger charge is 2.33. The van der Waals surface area contributed by atoms with Gasteiger partial charge in [-0.3, -0.25) is 0 Å². The van der Waals surface area contributed by atoms with Crippen molar-refractivity contribution in [3.63, 3.8) is 0 Å². The highest BCUT2D eigenvalue weighted by atomic mass is 16.5. The molecule has 2 N–H and O–H groups in total. The van der Waals surface area contributed by atoms with Crippen molar-refractivity contribution in [2.45, 2.75) is 192 Å². The summed E-state index contributed by atoms with van der Waals surface area (Å²) < 4.78 is 11.2. The first-order valence-electron chi connectivity index (χ1n) is 17.1. The molecule has 2 rings (SSSR count). The number of hydrogen-bond donors (Lipinski definition) is 2. The molecule has 0 aromatic heterocycles. The van der Waals surface area contributed by atoms with Crippen LogP contribution in [0.1, 0.15) is 162 Å². The molecule has 0 spiro atoms.